The Morgan fingerprint density at radius 3 is 2.69 bits per heavy atom. The largest absolute Gasteiger partial charge is 0.459 e. The van der Waals surface area contributed by atoms with Gasteiger partial charge in [0.25, 0.3) is 0 Å². The number of urea groups is 1. The number of aliphatic hydroxyl groups excluding tert-OH is 1. The number of nitrogens with two attached hydrogens (primary N) is 1. The number of amides is 2. The third kappa shape index (κ3) is 3.54. The molecule has 0 aliphatic heterocycles. The zero-order chi connectivity index (χ0) is 18.8. The topological polar surface area (TPSA) is 101 Å². The van der Waals surface area contributed by atoms with Crippen molar-refractivity contribution < 1.29 is 18.7 Å². The normalized spacial score (nSPS) is 13.4. The van der Waals surface area contributed by atoms with Gasteiger partial charge in [-0.2, -0.15) is 0 Å². The first kappa shape index (κ1) is 17.9. The molecule has 3 aromatic rings. The predicted octanol–water partition coefficient (Wildman–Crippen LogP) is 3.71. The van der Waals surface area contributed by atoms with Gasteiger partial charge in [-0.15, -0.1) is 0 Å². The molecule has 3 rings (SSSR count). The van der Waals surface area contributed by atoms with Crippen LogP contribution in [0.25, 0.3) is 11.0 Å². The molecule has 5 N–H and O–H groups in total. The lowest BCUT2D eigenvalue weighted by Gasteiger charge is -2.15. The summed E-state index contributed by atoms with van der Waals surface area (Å²) in [5.41, 5.74) is 7.27. The summed E-state index contributed by atoms with van der Waals surface area (Å²) in [7, 11) is 0. The van der Waals surface area contributed by atoms with Gasteiger partial charge in [0.05, 0.1) is 11.7 Å². The maximum atomic E-state index is 13.9. The van der Waals surface area contributed by atoms with E-state index in [1.54, 1.807) is 6.92 Å². The molecule has 1 unspecified atom stereocenters. The van der Waals surface area contributed by atoms with Crippen LogP contribution in [0.3, 0.4) is 0 Å². The molecular weight excluding hydrogens is 337 g/mol. The maximum Gasteiger partial charge on any atom is 0.319 e. The number of benzene rings is 2. The lowest BCUT2D eigenvalue weighted by Crippen LogP contribution is -2.31. The van der Waals surface area contributed by atoms with Crippen molar-refractivity contribution in [3.05, 3.63) is 65.2 Å². The molecule has 0 spiro atoms. The fourth-order valence-corrected chi connectivity index (χ4v) is 2.85. The number of fused-ring (bicyclic) bond motifs is 1. The summed E-state index contributed by atoms with van der Waals surface area (Å²) in [6, 6.07) is 10.4. The van der Waals surface area contributed by atoms with Crippen LogP contribution >= 0.6 is 0 Å². The second-order valence-electron chi connectivity index (χ2n) is 6.09. The van der Waals surface area contributed by atoms with Crippen molar-refractivity contribution in [1.82, 2.24) is 5.32 Å². The number of anilines is 1. The van der Waals surface area contributed by atoms with Crippen LogP contribution in [0.4, 0.5) is 14.9 Å². The summed E-state index contributed by atoms with van der Waals surface area (Å²) in [5, 5.41) is 15.5. The average Bonchev–Trinajstić information content (AvgIpc) is 2.94. The second kappa shape index (κ2) is 7.15. The van der Waals surface area contributed by atoms with E-state index >= 15 is 0 Å². The van der Waals surface area contributed by atoms with Gasteiger partial charge in [-0.25, -0.2) is 9.18 Å². The summed E-state index contributed by atoms with van der Waals surface area (Å²) in [4.78, 5) is 12.2. The SMILES string of the molecule is Cc1c([C@@H](C)NC(=O)Nc2cc(C(N)O)ccc2F)oc2ccccc12. The fraction of sp³-hybridized carbons (Fsp3) is 0.211. The van der Waals surface area contributed by atoms with E-state index in [0.29, 0.717) is 11.3 Å². The van der Waals surface area contributed by atoms with Crippen LogP contribution in [0.2, 0.25) is 0 Å². The van der Waals surface area contributed by atoms with Gasteiger partial charge in [-0.3, -0.25) is 0 Å². The van der Waals surface area contributed by atoms with Gasteiger partial charge in [0.15, 0.2) is 0 Å². The molecule has 1 aromatic heterocycles. The third-order valence-corrected chi connectivity index (χ3v) is 4.20. The van der Waals surface area contributed by atoms with Crippen LogP contribution in [-0.2, 0) is 0 Å². The van der Waals surface area contributed by atoms with Crippen LogP contribution in [0, 0.1) is 12.7 Å². The lowest BCUT2D eigenvalue weighted by atomic mass is 10.1. The van der Waals surface area contributed by atoms with E-state index in [1.807, 2.05) is 31.2 Å². The first-order chi connectivity index (χ1) is 12.4. The summed E-state index contributed by atoms with van der Waals surface area (Å²) in [6.07, 6.45) is -1.25. The number of carbonyl (C=O) groups excluding carboxylic acids is 1. The number of nitrogens with one attached hydrogen (secondary N) is 2. The van der Waals surface area contributed by atoms with Crippen molar-refractivity contribution in [2.75, 3.05) is 5.32 Å². The number of para-hydroxylation sites is 1. The monoisotopic (exact) mass is 357 g/mol. The van der Waals surface area contributed by atoms with Gasteiger partial charge in [-0.1, -0.05) is 24.3 Å². The van der Waals surface area contributed by atoms with Gasteiger partial charge in [0, 0.05) is 10.9 Å². The molecule has 6 nitrogen and oxygen atoms in total. The summed E-state index contributed by atoms with van der Waals surface area (Å²) in [5.74, 6) is 0.00470. The van der Waals surface area contributed by atoms with E-state index in [9.17, 15) is 14.3 Å². The summed E-state index contributed by atoms with van der Waals surface area (Å²) < 4.78 is 19.7. The summed E-state index contributed by atoms with van der Waals surface area (Å²) >= 11 is 0. The van der Waals surface area contributed by atoms with Crippen molar-refractivity contribution in [2.45, 2.75) is 26.1 Å². The average molecular weight is 357 g/mol. The zero-order valence-electron chi connectivity index (χ0n) is 14.4. The van der Waals surface area contributed by atoms with Crippen molar-refractivity contribution in [1.29, 1.82) is 0 Å². The molecule has 7 heteroatoms. The molecule has 0 saturated carbocycles. The molecule has 136 valence electrons. The number of hydrogen-bond donors (Lipinski definition) is 4. The Bertz CT molecular complexity index is 952. The van der Waals surface area contributed by atoms with Gasteiger partial charge >= 0.3 is 6.03 Å². The predicted molar refractivity (Wildman–Crippen MR) is 97.1 cm³/mol. The first-order valence-electron chi connectivity index (χ1n) is 8.15. The Morgan fingerprint density at radius 2 is 2.00 bits per heavy atom. The van der Waals surface area contributed by atoms with Gasteiger partial charge in [0.1, 0.15) is 23.4 Å². The van der Waals surface area contributed by atoms with E-state index < -0.39 is 24.1 Å². The van der Waals surface area contributed by atoms with E-state index in [-0.39, 0.29) is 5.69 Å². The van der Waals surface area contributed by atoms with Crippen LogP contribution in [0.1, 0.15) is 36.1 Å². The van der Waals surface area contributed by atoms with Gasteiger partial charge < -0.3 is 25.9 Å². The highest BCUT2D eigenvalue weighted by atomic mass is 19.1. The smallest absolute Gasteiger partial charge is 0.319 e. The molecule has 26 heavy (non-hydrogen) atoms. The van der Waals surface area contributed by atoms with Gasteiger partial charge in [0.2, 0.25) is 0 Å². The number of aliphatic hydroxyl groups is 1. The quantitative estimate of drug-likeness (QED) is 0.535. The Balaban J connectivity index is 1.75. The number of aryl methyl sites for hydroxylation is 1. The molecule has 0 bridgehead atoms. The van der Waals surface area contributed by atoms with Crippen molar-refractivity contribution in [2.24, 2.45) is 5.73 Å². The molecule has 0 radical (unpaired) electrons. The Kier molecular flexibility index (Phi) is 4.92. The molecule has 2 amide bonds. The third-order valence-electron chi connectivity index (χ3n) is 4.20. The van der Waals surface area contributed by atoms with E-state index in [1.165, 1.54) is 12.1 Å². The standard InChI is InChI=1S/C19H20FN3O3/c1-10-13-5-3-4-6-16(13)26-17(10)11(2)22-19(25)23-15-9-12(18(21)24)7-8-14(15)20/h3-9,11,18,24H,21H2,1-2H3,(H2,22,23,25)/t11-,18?/m1/s1. The highest BCUT2D eigenvalue weighted by molar-refractivity contribution is 5.90. The number of furan rings is 1. The number of carbonyl (C=O) groups is 1. The van der Waals surface area contributed by atoms with Crippen molar-refractivity contribution >= 4 is 22.7 Å². The van der Waals surface area contributed by atoms with Crippen LogP contribution in [0.5, 0.6) is 0 Å². The highest BCUT2D eigenvalue weighted by Gasteiger charge is 2.19. The maximum absolute atomic E-state index is 13.9. The number of rotatable bonds is 4. The molecule has 2 atom stereocenters. The summed E-state index contributed by atoms with van der Waals surface area (Å²) in [6.45, 7) is 3.70. The first-order valence-corrected chi connectivity index (χ1v) is 8.15. The minimum atomic E-state index is -1.25. The highest BCUT2D eigenvalue weighted by Crippen LogP contribution is 2.29. The lowest BCUT2D eigenvalue weighted by molar-refractivity contribution is 0.186. The van der Waals surface area contributed by atoms with Gasteiger partial charge in [-0.05, 0) is 37.6 Å². The second-order valence-corrected chi connectivity index (χ2v) is 6.09. The minimum Gasteiger partial charge on any atom is -0.459 e. The number of hydrogen-bond acceptors (Lipinski definition) is 4. The molecule has 0 fully saturated rings. The van der Waals surface area contributed by atoms with Crippen molar-refractivity contribution in [3.8, 4) is 0 Å². The molecule has 0 saturated heterocycles. The van der Waals surface area contributed by atoms with Crippen LogP contribution in [0.15, 0.2) is 46.9 Å². The van der Waals surface area contributed by atoms with Crippen LogP contribution in [-0.4, -0.2) is 11.1 Å². The fourth-order valence-electron chi connectivity index (χ4n) is 2.85. The van der Waals surface area contributed by atoms with Crippen molar-refractivity contribution in [3.63, 3.8) is 0 Å². The Labute approximate surface area is 149 Å². The minimum absolute atomic E-state index is 0.0713. The number of halogens is 1. The van der Waals surface area contributed by atoms with E-state index in [2.05, 4.69) is 10.6 Å². The van der Waals surface area contributed by atoms with E-state index in [0.717, 1.165) is 22.6 Å². The van der Waals surface area contributed by atoms with E-state index in [4.69, 9.17) is 10.2 Å². The molecular formula is C19H20FN3O3. The molecule has 2 aromatic carbocycles. The van der Waals surface area contributed by atoms with Crippen LogP contribution < -0.4 is 16.4 Å². The molecule has 0 aliphatic carbocycles. The Hall–Kier alpha value is -2.90. The zero-order valence-corrected chi connectivity index (χ0v) is 14.4. The molecule has 1 heterocycles. The Morgan fingerprint density at radius 1 is 1.27 bits per heavy atom. The molecule has 0 aliphatic rings.